The van der Waals surface area contributed by atoms with Crippen LogP contribution in [0.25, 0.3) is 21.7 Å². The Hall–Kier alpha value is -2.58. The van der Waals surface area contributed by atoms with Crippen molar-refractivity contribution >= 4 is 22.4 Å². The summed E-state index contributed by atoms with van der Waals surface area (Å²) in [5.74, 6) is -0.804. The molecule has 2 rings (SSSR count). The van der Waals surface area contributed by atoms with Crippen molar-refractivity contribution < 1.29 is 18.0 Å². The molecule has 0 spiro atoms. The SMILES string of the molecule is [N-]=[N+]=Nc1nc(-c2ccc(C(F)(F)F)cc2)c(C(N)=O)s1. The molecular formula is C11H6F3N5OS. The fraction of sp³-hybridized carbons (Fsp3) is 0.0909. The smallest absolute Gasteiger partial charge is 0.365 e. The molecule has 2 aromatic rings. The molecule has 0 aliphatic rings. The highest BCUT2D eigenvalue weighted by Crippen LogP contribution is 2.35. The van der Waals surface area contributed by atoms with Gasteiger partial charge in [0.25, 0.3) is 5.91 Å². The number of halogens is 3. The van der Waals surface area contributed by atoms with Crippen LogP contribution in [0.3, 0.4) is 0 Å². The predicted octanol–water partition coefficient (Wildman–Crippen LogP) is 3.87. The van der Waals surface area contributed by atoms with E-state index < -0.39 is 17.6 Å². The molecule has 0 aliphatic carbocycles. The maximum atomic E-state index is 12.5. The molecule has 21 heavy (non-hydrogen) atoms. The van der Waals surface area contributed by atoms with Crippen molar-refractivity contribution in [2.24, 2.45) is 10.8 Å². The van der Waals surface area contributed by atoms with Crippen molar-refractivity contribution in [3.05, 3.63) is 45.1 Å². The highest BCUT2D eigenvalue weighted by atomic mass is 32.1. The van der Waals surface area contributed by atoms with Gasteiger partial charge in [-0.25, -0.2) is 4.98 Å². The van der Waals surface area contributed by atoms with Crippen LogP contribution in [0.5, 0.6) is 0 Å². The molecule has 0 atom stereocenters. The molecule has 1 aromatic carbocycles. The van der Waals surface area contributed by atoms with Crippen molar-refractivity contribution in [1.29, 1.82) is 0 Å². The molecule has 0 radical (unpaired) electrons. The molecular weight excluding hydrogens is 307 g/mol. The van der Waals surface area contributed by atoms with Crippen molar-refractivity contribution in [3.63, 3.8) is 0 Å². The molecule has 0 aliphatic heterocycles. The maximum Gasteiger partial charge on any atom is 0.416 e. The minimum Gasteiger partial charge on any atom is -0.365 e. The van der Waals surface area contributed by atoms with E-state index in [1.165, 1.54) is 12.1 Å². The van der Waals surface area contributed by atoms with E-state index in [4.69, 9.17) is 11.3 Å². The molecule has 0 unspecified atom stereocenters. The van der Waals surface area contributed by atoms with Crippen LogP contribution in [-0.4, -0.2) is 10.9 Å². The minimum absolute atomic E-state index is 0.0113. The van der Waals surface area contributed by atoms with Gasteiger partial charge < -0.3 is 5.73 Å². The lowest BCUT2D eigenvalue weighted by Crippen LogP contribution is -2.10. The molecule has 0 saturated heterocycles. The number of hydrogen-bond acceptors (Lipinski definition) is 4. The highest BCUT2D eigenvalue weighted by molar-refractivity contribution is 7.17. The van der Waals surface area contributed by atoms with Gasteiger partial charge >= 0.3 is 6.18 Å². The second-order valence-corrected chi connectivity index (χ2v) is 4.78. The van der Waals surface area contributed by atoms with Gasteiger partial charge in [-0.15, -0.1) is 11.3 Å². The summed E-state index contributed by atoms with van der Waals surface area (Å²) in [7, 11) is 0. The lowest BCUT2D eigenvalue weighted by molar-refractivity contribution is -0.137. The van der Waals surface area contributed by atoms with Gasteiger partial charge in [0.2, 0.25) is 0 Å². The monoisotopic (exact) mass is 313 g/mol. The maximum absolute atomic E-state index is 12.5. The number of nitrogens with zero attached hydrogens (tertiary/aromatic N) is 4. The number of aromatic nitrogens is 1. The Kier molecular flexibility index (Phi) is 3.83. The highest BCUT2D eigenvalue weighted by Gasteiger charge is 2.30. The second-order valence-electron chi connectivity index (χ2n) is 3.80. The summed E-state index contributed by atoms with van der Waals surface area (Å²) in [5, 5.41) is 3.21. The van der Waals surface area contributed by atoms with Crippen molar-refractivity contribution in [2.45, 2.75) is 6.18 Å². The normalized spacial score (nSPS) is 11.0. The van der Waals surface area contributed by atoms with Gasteiger partial charge in [-0.2, -0.15) is 13.2 Å². The Morgan fingerprint density at radius 2 is 1.95 bits per heavy atom. The molecule has 2 N–H and O–H groups in total. The van der Waals surface area contributed by atoms with Crippen molar-refractivity contribution in [1.82, 2.24) is 4.98 Å². The lowest BCUT2D eigenvalue weighted by atomic mass is 10.1. The van der Waals surface area contributed by atoms with E-state index >= 15 is 0 Å². The molecule has 1 amide bonds. The third-order valence-electron chi connectivity index (χ3n) is 2.46. The third kappa shape index (κ3) is 3.12. The summed E-state index contributed by atoms with van der Waals surface area (Å²) in [5.41, 5.74) is 13.1. The van der Waals surface area contributed by atoms with E-state index in [-0.39, 0.29) is 21.3 Å². The van der Waals surface area contributed by atoms with Crippen LogP contribution in [0, 0.1) is 0 Å². The first kappa shape index (κ1) is 14.8. The van der Waals surface area contributed by atoms with Gasteiger partial charge in [-0.05, 0) is 22.8 Å². The first-order valence-electron chi connectivity index (χ1n) is 5.36. The van der Waals surface area contributed by atoms with Crippen molar-refractivity contribution in [2.75, 3.05) is 0 Å². The van der Waals surface area contributed by atoms with E-state index in [1.54, 1.807) is 0 Å². The number of carbonyl (C=O) groups is 1. The molecule has 1 heterocycles. The summed E-state index contributed by atoms with van der Waals surface area (Å²) in [4.78, 5) is 17.8. The number of rotatable bonds is 3. The molecule has 0 saturated carbocycles. The van der Waals surface area contributed by atoms with Gasteiger partial charge in [0.05, 0.1) is 11.3 Å². The van der Waals surface area contributed by atoms with Gasteiger partial charge in [-0.1, -0.05) is 12.1 Å². The second kappa shape index (κ2) is 5.43. The van der Waals surface area contributed by atoms with E-state index in [9.17, 15) is 18.0 Å². The number of azide groups is 1. The van der Waals surface area contributed by atoms with E-state index in [0.717, 1.165) is 23.5 Å². The number of nitrogens with two attached hydrogens (primary N) is 1. The average Bonchev–Trinajstić information content (AvgIpc) is 2.82. The fourth-order valence-corrected chi connectivity index (χ4v) is 2.33. The zero-order valence-electron chi connectivity index (χ0n) is 10.1. The number of benzene rings is 1. The van der Waals surface area contributed by atoms with E-state index in [2.05, 4.69) is 15.0 Å². The van der Waals surface area contributed by atoms with Crippen molar-refractivity contribution in [3.8, 4) is 11.3 Å². The Bertz CT molecular complexity index is 731. The minimum atomic E-state index is -4.45. The Morgan fingerprint density at radius 1 is 1.33 bits per heavy atom. The number of alkyl halides is 3. The topological polar surface area (TPSA) is 105 Å². The van der Waals surface area contributed by atoms with Crippen LogP contribution in [-0.2, 0) is 6.18 Å². The average molecular weight is 313 g/mol. The van der Waals surface area contributed by atoms with Gasteiger partial charge in [0.15, 0.2) is 5.13 Å². The zero-order valence-corrected chi connectivity index (χ0v) is 10.9. The molecule has 1 aromatic heterocycles. The molecule has 108 valence electrons. The summed E-state index contributed by atoms with van der Waals surface area (Å²) >= 11 is 0.768. The number of primary amides is 1. The third-order valence-corrected chi connectivity index (χ3v) is 3.41. The van der Waals surface area contributed by atoms with Crippen LogP contribution in [0.1, 0.15) is 15.2 Å². The van der Waals surface area contributed by atoms with Crippen LogP contribution < -0.4 is 5.73 Å². The van der Waals surface area contributed by atoms with Crippen LogP contribution in [0.2, 0.25) is 0 Å². The number of thiazole rings is 1. The first-order valence-corrected chi connectivity index (χ1v) is 6.18. The number of carbonyl (C=O) groups excluding carboxylic acids is 1. The van der Waals surface area contributed by atoms with E-state index in [1.807, 2.05) is 0 Å². The Labute approximate surface area is 119 Å². The summed E-state index contributed by atoms with van der Waals surface area (Å²) in [6.45, 7) is 0. The fourth-order valence-electron chi connectivity index (χ4n) is 1.57. The van der Waals surface area contributed by atoms with Crippen LogP contribution >= 0.6 is 11.3 Å². The van der Waals surface area contributed by atoms with E-state index in [0.29, 0.717) is 0 Å². The summed E-state index contributed by atoms with van der Waals surface area (Å²) in [6, 6.07) is 4.08. The largest absolute Gasteiger partial charge is 0.416 e. The van der Waals surface area contributed by atoms with Crippen LogP contribution in [0.15, 0.2) is 29.4 Å². The van der Waals surface area contributed by atoms with Gasteiger partial charge in [0, 0.05) is 10.5 Å². The Balaban J connectivity index is 2.50. The van der Waals surface area contributed by atoms with Gasteiger partial charge in [-0.3, -0.25) is 4.79 Å². The number of hydrogen-bond donors (Lipinski definition) is 1. The van der Waals surface area contributed by atoms with Gasteiger partial charge in [0.1, 0.15) is 4.88 Å². The zero-order chi connectivity index (χ0) is 15.6. The quantitative estimate of drug-likeness (QED) is 0.527. The molecule has 10 heteroatoms. The van der Waals surface area contributed by atoms with Crippen LogP contribution in [0.4, 0.5) is 18.3 Å². The standard InChI is InChI=1S/C11H6F3N5OS/c12-11(13,14)6-3-1-5(2-4-6)7-8(9(15)20)21-10(17-7)18-19-16/h1-4H,(H2,15,20). The molecule has 0 fully saturated rings. The number of amides is 1. The summed E-state index contributed by atoms with van der Waals surface area (Å²) in [6.07, 6.45) is -4.45. The lowest BCUT2D eigenvalue weighted by Gasteiger charge is -2.07. The predicted molar refractivity (Wildman–Crippen MR) is 69.9 cm³/mol. The first-order chi connectivity index (χ1) is 9.82. The molecule has 0 bridgehead atoms. The molecule has 6 nitrogen and oxygen atoms in total. The summed E-state index contributed by atoms with van der Waals surface area (Å²) < 4.78 is 37.5. The Morgan fingerprint density at radius 3 is 2.43 bits per heavy atom.